The van der Waals surface area contributed by atoms with E-state index >= 15 is 0 Å². The van der Waals surface area contributed by atoms with Crippen LogP contribution in [0, 0.1) is 5.92 Å². The maximum absolute atomic E-state index is 12.0. The lowest BCUT2D eigenvalue weighted by Crippen LogP contribution is -2.40. The van der Waals surface area contributed by atoms with Crippen molar-refractivity contribution in [3.8, 4) is 5.75 Å². The topological polar surface area (TPSA) is 38.3 Å². The van der Waals surface area contributed by atoms with Crippen LogP contribution in [-0.2, 0) is 11.2 Å². The minimum atomic E-state index is 0.0256. The Kier molecular flexibility index (Phi) is 6.19. The van der Waals surface area contributed by atoms with E-state index in [0.29, 0.717) is 12.3 Å². The second-order valence-corrected chi connectivity index (χ2v) is 5.21. The van der Waals surface area contributed by atoms with Crippen LogP contribution >= 0.6 is 15.9 Å². The van der Waals surface area contributed by atoms with Gasteiger partial charge >= 0.3 is 0 Å². The SMILES string of the molecule is COc1ccccc1CC(=O)NC(CBr)C(C)C. The lowest BCUT2D eigenvalue weighted by molar-refractivity contribution is -0.121. The van der Waals surface area contributed by atoms with Gasteiger partial charge in [0.05, 0.1) is 13.5 Å². The summed E-state index contributed by atoms with van der Waals surface area (Å²) in [5.41, 5.74) is 0.912. The largest absolute Gasteiger partial charge is 0.496 e. The molecule has 0 radical (unpaired) electrons. The zero-order valence-electron chi connectivity index (χ0n) is 11.1. The molecule has 0 heterocycles. The predicted octanol–water partition coefficient (Wildman–Crippen LogP) is 2.77. The molecule has 0 bridgehead atoms. The minimum absolute atomic E-state index is 0.0256. The van der Waals surface area contributed by atoms with E-state index in [2.05, 4.69) is 35.1 Å². The van der Waals surface area contributed by atoms with E-state index in [-0.39, 0.29) is 11.9 Å². The summed E-state index contributed by atoms with van der Waals surface area (Å²) < 4.78 is 5.24. The summed E-state index contributed by atoms with van der Waals surface area (Å²) in [6.07, 6.45) is 0.347. The Morgan fingerprint density at radius 3 is 2.61 bits per heavy atom. The predicted molar refractivity (Wildman–Crippen MR) is 77.3 cm³/mol. The summed E-state index contributed by atoms with van der Waals surface area (Å²) in [6.45, 7) is 4.19. The van der Waals surface area contributed by atoms with Gasteiger partial charge in [0.15, 0.2) is 0 Å². The fraction of sp³-hybridized carbons (Fsp3) is 0.500. The number of amides is 1. The number of carbonyl (C=O) groups excluding carboxylic acids is 1. The second-order valence-electron chi connectivity index (χ2n) is 4.56. The molecule has 18 heavy (non-hydrogen) atoms. The normalized spacial score (nSPS) is 12.3. The molecular formula is C14H20BrNO2. The second kappa shape index (κ2) is 7.41. The van der Waals surface area contributed by atoms with E-state index in [9.17, 15) is 4.79 Å². The highest BCUT2D eigenvalue weighted by atomic mass is 79.9. The molecule has 1 N–H and O–H groups in total. The Morgan fingerprint density at radius 1 is 1.39 bits per heavy atom. The Hall–Kier alpha value is -1.03. The third kappa shape index (κ3) is 4.33. The minimum Gasteiger partial charge on any atom is -0.496 e. The number of benzene rings is 1. The van der Waals surface area contributed by atoms with E-state index < -0.39 is 0 Å². The summed E-state index contributed by atoms with van der Waals surface area (Å²) in [5, 5.41) is 3.79. The molecule has 4 heteroatoms. The molecule has 0 aliphatic heterocycles. The number of halogens is 1. The summed E-state index contributed by atoms with van der Waals surface area (Å²) in [5.74, 6) is 1.19. The van der Waals surface area contributed by atoms with Crippen molar-refractivity contribution in [1.82, 2.24) is 5.32 Å². The molecule has 1 unspecified atom stereocenters. The summed E-state index contributed by atoms with van der Waals surface area (Å²) in [7, 11) is 1.62. The van der Waals surface area contributed by atoms with Crippen LogP contribution in [0.25, 0.3) is 0 Å². The van der Waals surface area contributed by atoms with Crippen molar-refractivity contribution in [2.45, 2.75) is 26.3 Å². The molecule has 100 valence electrons. The standard InChI is InChI=1S/C14H20BrNO2/c1-10(2)12(9-15)16-14(17)8-11-6-4-5-7-13(11)18-3/h4-7,10,12H,8-9H2,1-3H3,(H,16,17). The first-order valence-corrected chi connectivity index (χ1v) is 7.17. The third-order valence-electron chi connectivity index (χ3n) is 2.86. The van der Waals surface area contributed by atoms with Crippen molar-refractivity contribution < 1.29 is 9.53 Å². The average Bonchev–Trinajstić information content (AvgIpc) is 2.36. The molecule has 1 atom stereocenters. The molecule has 0 spiro atoms. The van der Waals surface area contributed by atoms with Gasteiger partial charge in [0, 0.05) is 16.9 Å². The molecule has 1 aromatic carbocycles. The molecule has 1 amide bonds. The van der Waals surface area contributed by atoms with Gasteiger partial charge in [0.1, 0.15) is 5.75 Å². The lowest BCUT2D eigenvalue weighted by Gasteiger charge is -2.20. The van der Waals surface area contributed by atoms with Gasteiger partial charge in [-0.2, -0.15) is 0 Å². The van der Waals surface area contributed by atoms with Crippen molar-refractivity contribution >= 4 is 21.8 Å². The summed E-state index contributed by atoms with van der Waals surface area (Å²) >= 11 is 3.42. The van der Waals surface area contributed by atoms with Crippen LogP contribution in [0.2, 0.25) is 0 Å². The molecule has 0 fully saturated rings. The van der Waals surface area contributed by atoms with Crippen LogP contribution in [0.5, 0.6) is 5.75 Å². The van der Waals surface area contributed by atoms with E-state index in [1.165, 1.54) is 0 Å². The highest BCUT2D eigenvalue weighted by Gasteiger charge is 2.15. The first-order valence-electron chi connectivity index (χ1n) is 6.05. The third-order valence-corrected chi connectivity index (χ3v) is 3.56. The Balaban J connectivity index is 2.64. The van der Waals surface area contributed by atoms with Crippen molar-refractivity contribution in [2.75, 3.05) is 12.4 Å². The van der Waals surface area contributed by atoms with Crippen LogP contribution in [0.3, 0.4) is 0 Å². The Morgan fingerprint density at radius 2 is 2.06 bits per heavy atom. The molecule has 1 rings (SSSR count). The van der Waals surface area contributed by atoms with Gasteiger partial charge in [0.25, 0.3) is 0 Å². The van der Waals surface area contributed by atoms with Crippen molar-refractivity contribution in [2.24, 2.45) is 5.92 Å². The number of alkyl halides is 1. The molecule has 0 saturated heterocycles. The van der Waals surface area contributed by atoms with E-state index in [0.717, 1.165) is 16.6 Å². The van der Waals surface area contributed by atoms with Crippen LogP contribution in [0.15, 0.2) is 24.3 Å². The van der Waals surface area contributed by atoms with Crippen LogP contribution in [-0.4, -0.2) is 24.4 Å². The van der Waals surface area contributed by atoms with Gasteiger partial charge in [-0.05, 0) is 12.0 Å². The van der Waals surface area contributed by atoms with Crippen LogP contribution < -0.4 is 10.1 Å². The number of rotatable bonds is 6. The van der Waals surface area contributed by atoms with Gasteiger partial charge in [-0.1, -0.05) is 48.0 Å². The first kappa shape index (κ1) is 15.0. The van der Waals surface area contributed by atoms with Crippen molar-refractivity contribution in [3.05, 3.63) is 29.8 Å². The lowest BCUT2D eigenvalue weighted by atomic mass is 10.1. The zero-order chi connectivity index (χ0) is 13.5. The first-order chi connectivity index (χ1) is 8.58. The molecule has 0 aliphatic carbocycles. The molecule has 0 aromatic heterocycles. The van der Waals surface area contributed by atoms with E-state index in [4.69, 9.17) is 4.74 Å². The quantitative estimate of drug-likeness (QED) is 0.820. The molecule has 0 saturated carbocycles. The number of carbonyl (C=O) groups is 1. The maximum Gasteiger partial charge on any atom is 0.224 e. The van der Waals surface area contributed by atoms with Gasteiger partial charge in [-0.3, -0.25) is 4.79 Å². The summed E-state index contributed by atoms with van der Waals surface area (Å²) in [4.78, 5) is 12.0. The van der Waals surface area contributed by atoms with Crippen molar-refractivity contribution in [3.63, 3.8) is 0 Å². The fourth-order valence-electron chi connectivity index (χ4n) is 1.66. The van der Waals surface area contributed by atoms with Crippen LogP contribution in [0.1, 0.15) is 19.4 Å². The number of ether oxygens (including phenoxy) is 1. The zero-order valence-corrected chi connectivity index (χ0v) is 12.7. The maximum atomic E-state index is 12.0. The van der Waals surface area contributed by atoms with E-state index in [1.54, 1.807) is 7.11 Å². The highest BCUT2D eigenvalue weighted by molar-refractivity contribution is 9.09. The van der Waals surface area contributed by atoms with Gasteiger partial charge in [-0.15, -0.1) is 0 Å². The number of hydrogen-bond donors (Lipinski definition) is 1. The number of hydrogen-bond acceptors (Lipinski definition) is 2. The molecular weight excluding hydrogens is 294 g/mol. The number of methoxy groups -OCH3 is 1. The highest BCUT2D eigenvalue weighted by Crippen LogP contribution is 2.17. The van der Waals surface area contributed by atoms with E-state index in [1.807, 2.05) is 24.3 Å². The molecule has 0 aliphatic rings. The van der Waals surface area contributed by atoms with Gasteiger partial charge in [-0.25, -0.2) is 0 Å². The van der Waals surface area contributed by atoms with Crippen LogP contribution in [0.4, 0.5) is 0 Å². The average molecular weight is 314 g/mol. The molecule has 1 aromatic rings. The molecule has 3 nitrogen and oxygen atoms in total. The smallest absolute Gasteiger partial charge is 0.224 e. The Bertz CT molecular complexity index is 393. The van der Waals surface area contributed by atoms with Crippen molar-refractivity contribution in [1.29, 1.82) is 0 Å². The summed E-state index contributed by atoms with van der Waals surface area (Å²) in [6, 6.07) is 7.75. The number of para-hydroxylation sites is 1. The fourth-order valence-corrected chi connectivity index (χ4v) is 2.57. The van der Waals surface area contributed by atoms with Gasteiger partial charge < -0.3 is 10.1 Å². The Labute approximate surface area is 117 Å². The monoisotopic (exact) mass is 313 g/mol. The van der Waals surface area contributed by atoms with Gasteiger partial charge in [0.2, 0.25) is 5.91 Å². The number of nitrogens with one attached hydrogen (secondary N) is 1.